The van der Waals surface area contributed by atoms with Crippen molar-refractivity contribution < 1.29 is 18.8 Å². The van der Waals surface area contributed by atoms with Crippen molar-refractivity contribution in [3.8, 4) is 0 Å². The number of hydrogen-bond acceptors (Lipinski definition) is 5. The molecule has 8 nitrogen and oxygen atoms in total. The van der Waals surface area contributed by atoms with Gasteiger partial charge in [-0.2, -0.15) is 0 Å². The Morgan fingerprint density at radius 2 is 2.00 bits per heavy atom. The SMILES string of the molecule is CC1CN(c2ccc(CNC(=O)c3c[nH]c4ccc([N+](=O)[O-])cc34)cc2F)CC(C)O1. The largest absolute Gasteiger partial charge is 0.372 e. The molecule has 0 spiro atoms. The van der Waals surface area contributed by atoms with E-state index < -0.39 is 10.8 Å². The summed E-state index contributed by atoms with van der Waals surface area (Å²) >= 11 is 0. The van der Waals surface area contributed by atoms with Gasteiger partial charge in [0.1, 0.15) is 5.82 Å². The number of nitrogens with zero attached hydrogens (tertiary/aromatic N) is 2. The number of nitro benzene ring substituents is 1. The predicted molar refractivity (Wildman–Crippen MR) is 115 cm³/mol. The van der Waals surface area contributed by atoms with E-state index in [2.05, 4.69) is 10.3 Å². The van der Waals surface area contributed by atoms with Crippen molar-refractivity contribution in [1.29, 1.82) is 0 Å². The summed E-state index contributed by atoms with van der Waals surface area (Å²) in [6, 6.07) is 9.21. The summed E-state index contributed by atoms with van der Waals surface area (Å²) in [7, 11) is 0. The highest BCUT2D eigenvalue weighted by Gasteiger charge is 2.24. The number of fused-ring (bicyclic) bond motifs is 1. The summed E-state index contributed by atoms with van der Waals surface area (Å²) < 4.78 is 20.5. The van der Waals surface area contributed by atoms with Gasteiger partial charge >= 0.3 is 0 Å². The van der Waals surface area contributed by atoms with Gasteiger partial charge in [0.15, 0.2) is 0 Å². The van der Waals surface area contributed by atoms with Gasteiger partial charge in [0.05, 0.1) is 28.4 Å². The Morgan fingerprint density at radius 1 is 1.26 bits per heavy atom. The van der Waals surface area contributed by atoms with Gasteiger partial charge in [-0.25, -0.2) is 4.39 Å². The minimum Gasteiger partial charge on any atom is -0.372 e. The average Bonchev–Trinajstić information content (AvgIpc) is 3.14. The third-order valence-corrected chi connectivity index (χ3v) is 5.35. The number of anilines is 1. The van der Waals surface area contributed by atoms with E-state index in [0.29, 0.717) is 40.8 Å². The van der Waals surface area contributed by atoms with Gasteiger partial charge in [-0.15, -0.1) is 0 Å². The topological polar surface area (TPSA) is 101 Å². The number of benzene rings is 2. The second-order valence-electron chi connectivity index (χ2n) is 7.82. The van der Waals surface area contributed by atoms with Crippen LogP contribution in [0.5, 0.6) is 0 Å². The van der Waals surface area contributed by atoms with Crippen molar-refractivity contribution >= 4 is 28.2 Å². The maximum Gasteiger partial charge on any atom is 0.270 e. The molecule has 2 N–H and O–H groups in total. The molecule has 9 heteroatoms. The number of nitrogens with one attached hydrogen (secondary N) is 2. The first kappa shape index (κ1) is 20.8. The van der Waals surface area contributed by atoms with Crippen molar-refractivity contribution in [3.63, 3.8) is 0 Å². The van der Waals surface area contributed by atoms with E-state index >= 15 is 0 Å². The van der Waals surface area contributed by atoms with E-state index in [1.165, 1.54) is 24.4 Å². The standard InChI is InChI=1S/C22H23FN4O4/c1-13-11-26(12-14(2)31-13)21-6-3-15(7-19(21)23)9-25-22(28)18-10-24-20-5-4-16(27(29)30)8-17(18)20/h3-8,10,13-14,24H,9,11-12H2,1-2H3,(H,25,28). The van der Waals surface area contributed by atoms with Gasteiger partial charge in [0.25, 0.3) is 11.6 Å². The summed E-state index contributed by atoms with van der Waals surface area (Å²) in [4.78, 5) is 28.0. The second-order valence-corrected chi connectivity index (χ2v) is 7.82. The lowest BCUT2D eigenvalue weighted by Gasteiger charge is -2.37. The van der Waals surface area contributed by atoms with Crippen LogP contribution in [-0.4, -0.2) is 41.1 Å². The van der Waals surface area contributed by atoms with Gasteiger partial charge in [0, 0.05) is 48.9 Å². The molecule has 0 bridgehead atoms. The van der Waals surface area contributed by atoms with Crippen molar-refractivity contribution in [3.05, 3.63) is 69.7 Å². The van der Waals surface area contributed by atoms with Crippen LogP contribution in [0.4, 0.5) is 15.8 Å². The molecule has 0 saturated carbocycles. The first-order valence-corrected chi connectivity index (χ1v) is 10.0. The Kier molecular flexibility index (Phi) is 5.60. The zero-order chi connectivity index (χ0) is 22.1. The number of halogens is 1. The summed E-state index contributed by atoms with van der Waals surface area (Å²) in [5.74, 6) is -0.747. The number of H-pyrrole nitrogens is 1. The summed E-state index contributed by atoms with van der Waals surface area (Å²) in [5.41, 5.74) is 1.97. The highest BCUT2D eigenvalue weighted by atomic mass is 19.1. The van der Waals surface area contributed by atoms with Gasteiger partial charge in [-0.05, 0) is 37.6 Å². The van der Waals surface area contributed by atoms with Gasteiger partial charge in [-0.3, -0.25) is 14.9 Å². The predicted octanol–water partition coefficient (Wildman–Crippen LogP) is 3.76. The Balaban J connectivity index is 1.46. The van der Waals surface area contributed by atoms with Crippen LogP contribution in [0.15, 0.2) is 42.6 Å². The molecule has 0 radical (unpaired) electrons. The van der Waals surface area contributed by atoms with Crippen LogP contribution in [0, 0.1) is 15.9 Å². The number of carbonyl (C=O) groups is 1. The Bertz CT molecular complexity index is 1140. The fourth-order valence-electron chi connectivity index (χ4n) is 3.98. The normalized spacial score (nSPS) is 18.9. The number of rotatable bonds is 5. The number of hydrogen-bond donors (Lipinski definition) is 2. The fraction of sp³-hybridized carbons (Fsp3) is 0.318. The summed E-state index contributed by atoms with van der Waals surface area (Å²) in [6.07, 6.45) is 1.55. The molecule has 1 aliphatic heterocycles. The number of aromatic nitrogens is 1. The lowest BCUT2D eigenvalue weighted by atomic mass is 10.1. The Hall–Kier alpha value is -3.46. The molecule has 2 unspecified atom stereocenters. The molecule has 2 aromatic carbocycles. The van der Waals surface area contributed by atoms with Crippen LogP contribution < -0.4 is 10.2 Å². The number of aromatic amines is 1. The van der Waals surface area contributed by atoms with Crippen LogP contribution in [0.25, 0.3) is 10.9 Å². The van der Waals surface area contributed by atoms with Crippen LogP contribution in [0.2, 0.25) is 0 Å². The molecule has 1 saturated heterocycles. The Morgan fingerprint density at radius 3 is 2.68 bits per heavy atom. The van der Waals surface area contributed by atoms with Gasteiger partial charge in [-0.1, -0.05) is 6.07 Å². The monoisotopic (exact) mass is 426 g/mol. The maximum atomic E-state index is 14.8. The quantitative estimate of drug-likeness (QED) is 0.478. The number of carbonyl (C=O) groups excluding carboxylic acids is 1. The van der Waals surface area contributed by atoms with Crippen molar-refractivity contribution in [2.24, 2.45) is 0 Å². The highest BCUT2D eigenvalue weighted by Crippen LogP contribution is 2.26. The minimum absolute atomic E-state index is 0.0223. The number of morpholine rings is 1. The molecule has 4 rings (SSSR count). The van der Waals surface area contributed by atoms with Crippen LogP contribution in [0.1, 0.15) is 29.8 Å². The molecule has 0 aliphatic carbocycles. The number of non-ortho nitro benzene ring substituents is 1. The number of amides is 1. The van der Waals surface area contributed by atoms with E-state index in [0.717, 1.165) is 0 Å². The lowest BCUT2D eigenvalue weighted by Crippen LogP contribution is -2.45. The maximum absolute atomic E-state index is 14.8. The van der Waals surface area contributed by atoms with Crippen molar-refractivity contribution in [1.82, 2.24) is 10.3 Å². The number of ether oxygens (including phenoxy) is 1. The third kappa shape index (κ3) is 4.36. The van der Waals surface area contributed by atoms with E-state index in [9.17, 15) is 19.3 Å². The molecule has 1 fully saturated rings. The van der Waals surface area contributed by atoms with Crippen LogP contribution in [0.3, 0.4) is 0 Å². The smallest absolute Gasteiger partial charge is 0.270 e. The first-order valence-electron chi connectivity index (χ1n) is 10.0. The molecule has 1 aromatic heterocycles. The third-order valence-electron chi connectivity index (χ3n) is 5.35. The average molecular weight is 426 g/mol. The highest BCUT2D eigenvalue weighted by molar-refractivity contribution is 6.07. The molecular weight excluding hydrogens is 403 g/mol. The van der Waals surface area contributed by atoms with Crippen molar-refractivity contribution in [2.75, 3.05) is 18.0 Å². The zero-order valence-corrected chi connectivity index (χ0v) is 17.2. The van der Waals surface area contributed by atoms with E-state index in [4.69, 9.17) is 4.74 Å². The van der Waals surface area contributed by atoms with Gasteiger partial charge < -0.3 is 19.9 Å². The zero-order valence-electron chi connectivity index (χ0n) is 17.2. The van der Waals surface area contributed by atoms with E-state index in [1.807, 2.05) is 18.7 Å². The molecule has 1 aliphatic rings. The van der Waals surface area contributed by atoms with E-state index in [-0.39, 0.29) is 30.3 Å². The second kappa shape index (κ2) is 8.35. The molecular formula is C22H23FN4O4. The lowest BCUT2D eigenvalue weighted by molar-refractivity contribution is -0.384. The van der Waals surface area contributed by atoms with Gasteiger partial charge in [0.2, 0.25) is 0 Å². The molecule has 162 valence electrons. The molecule has 2 heterocycles. The molecule has 31 heavy (non-hydrogen) atoms. The van der Waals surface area contributed by atoms with Crippen LogP contribution in [-0.2, 0) is 11.3 Å². The fourth-order valence-corrected chi connectivity index (χ4v) is 3.98. The molecule has 1 amide bonds. The van der Waals surface area contributed by atoms with E-state index in [1.54, 1.807) is 18.2 Å². The first-order chi connectivity index (χ1) is 14.8. The minimum atomic E-state index is -0.506. The van der Waals surface area contributed by atoms with Crippen molar-refractivity contribution in [2.45, 2.75) is 32.6 Å². The van der Waals surface area contributed by atoms with Crippen LogP contribution >= 0.6 is 0 Å². The summed E-state index contributed by atoms with van der Waals surface area (Å²) in [6.45, 7) is 5.29. The molecule has 2 atom stereocenters. The summed E-state index contributed by atoms with van der Waals surface area (Å²) in [5, 5.41) is 14.2. The molecule has 3 aromatic rings. The Labute approximate surface area is 178 Å². The number of nitro groups is 1.